The maximum Gasteiger partial charge on any atom is 0.133 e. The zero-order valence-electron chi connectivity index (χ0n) is 7.63. The van der Waals surface area contributed by atoms with Crippen LogP contribution >= 0.6 is 11.6 Å². The molecule has 0 saturated carbocycles. The van der Waals surface area contributed by atoms with Gasteiger partial charge in [0, 0.05) is 25.7 Å². The van der Waals surface area contributed by atoms with Gasteiger partial charge in [-0.1, -0.05) is 11.6 Å². The van der Waals surface area contributed by atoms with Gasteiger partial charge in [0.2, 0.25) is 0 Å². The largest absolute Gasteiger partial charge is 0.382 e. The van der Waals surface area contributed by atoms with Crippen LogP contribution in [0.2, 0.25) is 5.15 Å². The SMILES string of the molecule is Cc1nn(C)c(Cl)c1C1(O)CNC1. The van der Waals surface area contributed by atoms with Gasteiger partial charge in [-0.3, -0.25) is 4.68 Å². The van der Waals surface area contributed by atoms with Gasteiger partial charge in [0.15, 0.2) is 0 Å². The summed E-state index contributed by atoms with van der Waals surface area (Å²) in [4.78, 5) is 0. The minimum atomic E-state index is -0.810. The normalized spacial score (nSPS) is 20.0. The molecule has 1 aromatic heterocycles. The van der Waals surface area contributed by atoms with E-state index >= 15 is 0 Å². The van der Waals surface area contributed by atoms with E-state index in [4.69, 9.17) is 11.6 Å². The molecular weight excluding hydrogens is 190 g/mol. The second kappa shape index (κ2) is 2.70. The Hall–Kier alpha value is -0.580. The van der Waals surface area contributed by atoms with Gasteiger partial charge < -0.3 is 10.4 Å². The van der Waals surface area contributed by atoms with Crippen LogP contribution in [-0.2, 0) is 12.6 Å². The van der Waals surface area contributed by atoms with Crippen LogP contribution in [0.4, 0.5) is 0 Å². The van der Waals surface area contributed by atoms with E-state index < -0.39 is 5.60 Å². The molecule has 72 valence electrons. The highest BCUT2D eigenvalue weighted by atomic mass is 35.5. The van der Waals surface area contributed by atoms with Crippen molar-refractivity contribution in [2.45, 2.75) is 12.5 Å². The topological polar surface area (TPSA) is 50.1 Å². The Kier molecular flexibility index (Phi) is 1.87. The fourth-order valence-electron chi connectivity index (χ4n) is 1.70. The molecule has 1 aliphatic rings. The molecule has 2 rings (SSSR count). The lowest BCUT2D eigenvalue weighted by Gasteiger charge is -2.37. The molecule has 0 aromatic carbocycles. The number of aryl methyl sites for hydroxylation is 2. The maximum atomic E-state index is 10.1. The Balaban J connectivity index is 2.49. The summed E-state index contributed by atoms with van der Waals surface area (Å²) >= 11 is 6.02. The van der Waals surface area contributed by atoms with Crippen molar-refractivity contribution in [1.82, 2.24) is 15.1 Å². The number of β-amino-alcohol motifs (C(OH)–C–C–N with tert-alkyl or cyclic N) is 1. The molecule has 1 saturated heterocycles. The number of hydrogen-bond acceptors (Lipinski definition) is 3. The summed E-state index contributed by atoms with van der Waals surface area (Å²) in [7, 11) is 1.77. The Morgan fingerprint density at radius 3 is 2.54 bits per heavy atom. The lowest BCUT2D eigenvalue weighted by atomic mass is 9.89. The zero-order valence-corrected chi connectivity index (χ0v) is 8.39. The number of hydrogen-bond donors (Lipinski definition) is 2. The average Bonchev–Trinajstić information content (AvgIpc) is 2.23. The minimum absolute atomic E-state index is 0.529. The van der Waals surface area contributed by atoms with E-state index in [9.17, 15) is 5.11 Å². The molecule has 0 bridgehead atoms. The summed E-state index contributed by atoms with van der Waals surface area (Å²) in [6, 6.07) is 0. The van der Waals surface area contributed by atoms with E-state index in [2.05, 4.69) is 10.4 Å². The van der Waals surface area contributed by atoms with Gasteiger partial charge in [0.1, 0.15) is 10.8 Å². The number of aliphatic hydroxyl groups is 1. The summed E-state index contributed by atoms with van der Waals surface area (Å²) in [5.41, 5.74) is 0.752. The smallest absolute Gasteiger partial charge is 0.133 e. The molecule has 13 heavy (non-hydrogen) atoms. The molecule has 0 unspecified atom stereocenters. The first kappa shape index (κ1) is 8.99. The van der Waals surface area contributed by atoms with Crippen molar-refractivity contribution in [1.29, 1.82) is 0 Å². The molecule has 2 heterocycles. The Labute approximate surface area is 81.5 Å². The van der Waals surface area contributed by atoms with E-state index in [1.807, 2.05) is 6.92 Å². The predicted molar refractivity (Wildman–Crippen MR) is 49.7 cm³/mol. The van der Waals surface area contributed by atoms with Crippen LogP contribution in [0.3, 0.4) is 0 Å². The maximum absolute atomic E-state index is 10.1. The van der Waals surface area contributed by atoms with E-state index in [1.54, 1.807) is 11.7 Å². The summed E-state index contributed by atoms with van der Waals surface area (Å²) in [5.74, 6) is 0. The second-order valence-electron chi connectivity index (χ2n) is 3.51. The van der Waals surface area contributed by atoms with Crippen LogP contribution < -0.4 is 5.32 Å². The van der Waals surface area contributed by atoms with Gasteiger partial charge in [0.25, 0.3) is 0 Å². The summed E-state index contributed by atoms with van der Waals surface area (Å²) in [6.45, 7) is 2.97. The average molecular weight is 202 g/mol. The molecule has 5 heteroatoms. The van der Waals surface area contributed by atoms with Crippen LogP contribution in [0.1, 0.15) is 11.3 Å². The van der Waals surface area contributed by atoms with Crippen LogP contribution in [0.5, 0.6) is 0 Å². The minimum Gasteiger partial charge on any atom is -0.382 e. The molecular formula is C8H12ClN3O. The Morgan fingerprint density at radius 1 is 1.62 bits per heavy atom. The second-order valence-corrected chi connectivity index (χ2v) is 3.87. The van der Waals surface area contributed by atoms with Crippen LogP contribution in [0.15, 0.2) is 0 Å². The molecule has 1 fully saturated rings. The standard InChI is InChI=1S/C8H12ClN3O/c1-5-6(7(9)12(2)11-5)8(13)3-10-4-8/h10,13H,3-4H2,1-2H3. The number of aromatic nitrogens is 2. The summed E-state index contributed by atoms with van der Waals surface area (Å²) in [5, 5.41) is 17.8. The number of nitrogens with one attached hydrogen (secondary N) is 1. The highest BCUT2D eigenvalue weighted by Crippen LogP contribution is 2.33. The molecule has 1 aromatic rings. The molecule has 1 aliphatic heterocycles. The lowest BCUT2D eigenvalue weighted by Crippen LogP contribution is -2.57. The van der Waals surface area contributed by atoms with Crippen molar-refractivity contribution in [2.75, 3.05) is 13.1 Å². The first-order chi connectivity index (χ1) is 6.04. The van der Waals surface area contributed by atoms with Crippen LogP contribution in [-0.4, -0.2) is 28.0 Å². The quantitative estimate of drug-likeness (QED) is 0.681. The van der Waals surface area contributed by atoms with E-state index in [1.165, 1.54) is 0 Å². The molecule has 4 nitrogen and oxygen atoms in total. The van der Waals surface area contributed by atoms with Crippen LogP contribution in [0, 0.1) is 6.92 Å². The van der Waals surface area contributed by atoms with Gasteiger partial charge >= 0.3 is 0 Å². The highest BCUT2D eigenvalue weighted by Gasteiger charge is 2.40. The van der Waals surface area contributed by atoms with Crippen molar-refractivity contribution in [3.05, 3.63) is 16.4 Å². The van der Waals surface area contributed by atoms with Gasteiger partial charge in [0.05, 0.1) is 5.69 Å². The highest BCUT2D eigenvalue weighted by molar-refractivity contribution is 6.30. The summed E-state index contributed by atoms with van der Waals surface area (Å²) in [6.07, 6.45) is 0. The molecule has 2 N–H and O–H groups in total. The van der Waals surface area contributed by atoms with E-state index in [0.29, 0.717) is 18.2 Å². The Morgan fingerprint density at radius 2 is 2.23 bits per heavy atom. The fraction of sp³-hybridized carbons (Fsp3) is 0.625. The van der Waals surface area contributed by atoms with Crippen molar-refractivity contribution in [3.63, 3.8) is 0 Å². The van der Waals surface area contributed by atoms with Crippen molar-refractivity contribution < 1.29 is 5.11 Å². The third-order valence-electron chi connectivity index (χ3n) is 2.45. The molecule has 0 amide bonds. The van der Waals surface area contributed by atoms with Crippen molar-refractivity contribution in [2.24, 2.45) is 7.05 Å². The van der Waals surface area contributed by atoms with Gasteiger partial charge in [-0.05, 0) is 6.92 Å². The lowest BCUT2D eigenvalue weighted by molar-refractivity contribution is -0.0151. The third-order valence-corrected chi connectivity index (χ3v) is 2.89. The monoisotopic (exact) mass is 201 g/mol. The van der Waals surface area contributed by atoms with Gasteiger partial charge in [-0.25, -0.2) is 0 Å². The Bertz CT molecular complexity index is 343. The third kappa shape index (κ3) is 1.17. The molecule has 0 atom stereocenters. The van der Waals surface area contributed by atoms with Crippen molar-refractivity contribution in [3.8, 4) is 0 Å². The first-order valence-corrected chi connectivity index (χ1v) is 4.55. The fourth-order valence-corrected chi connectivity index (χ4v) is 2.05. The first-order valence-electron chi connectivity index (χ1n) is 4.17. The number of halogens is 1. The van der Waals surface area contributed by atoms with E-state index in [0.717, 1.165) is 11.3 Å². The summed E-state index contributed by atoms with van der Waals surface area (Å²) < 4.78 is 1.59. The molecule has 0 radical (unpaired) electrons. The van der Waals surface area contributed by atoms with Crippen molar-refractivity contribution >= 4 is 11.6 Å². The van der Waals surface area contributed by atoms with Gasteiger partial charge in [-0.15, -0.1) is 0 Å². The van der Waals surface area contributed by atoms with Crippen LogP contribution in [0.25, 0.3) is 0 Å². The molecule has 0 aliphatic carbocycles. The van der Waals surface area contributed by atoms with E-state index in [-0.39, 0.29) is 0 Å². The molecule has 0 spiro atoms. The zero-order chi connectivity index (χ0) is 9.64. The number of nitrogens with zero attached hydrogens (tertiary/aromatic N) is 2. The predicted octanol–water partition coefficient (Wildman–Crippen LogP) is 0.173. The number of rotatable bonds is 1. The van der Waals surface area contributed by atoms with Gasteiger partial charge in [-0.2, -0.15) is 5.10 Å².